The maximum absolute atomic E-state index is 9.75. The zero-order valence-electron chi connectivity index (χ0n) is 7.48. The second kappa shape index (κ2) is 3.48. The first-order valence-corrected chi connectivity index (χ1v) is 4.68. The number of fused-ring (bicyclic) bond motifs is 1. The van der Waals surface area contributed by atoms with E-state index in [1.807, 2.05) is 24.3 Å². The van der Waals surface area contributed by atoms with E-state index < -0.39 is 0 Å². The lowest BCUT2D eigenvalue weighted by Gasteiger charge is -2.27. The SMILES string of the molecule is OC[C@@H]1Cc2ccccc2[C@H](O)C1. The molecule has 0 radical (unpaired) electrons. The Morgan fingerprint density at radius 3 is 2.85 bits per heavy atom. The summed E-state index contributed by atoms with van der Waals surface area (Å²) in [4.78, 5) is 0. The zero-order valence-corrected chi connectivity index (χ0v) is 7.48. The van der Waals surface area contributed by atoms with Crippen LogP contribution in [0, 0.1) is 5.92 Å². The van der Waals surface area contributed by atoms with Gasteiger partial charge in [-0.2, -0.15) is 0 Å². The second-order valence-electron chi connectivity index (χ2n) is 3.70. The molecule has 0 heterocycles. The fraction of sp³-hybridized carbons (Fsp3) is 0.455. The summed E-state index contributed by atoms with van der Waals surface area (Å²) < 4.78 is 0. The highest BCUT2D eigenvalue weighted by atomic mass is 16.3. The molecule has 0 saturated carbocycles. The van der Waals surface area contributed by atoms with E-state index in [0.717, 1.165) is 12.0 Å². The van der Waals surface area contributed by atoms with E-state index in [1.54, 1.807) is 0 Å². The van der Waals surface area contributed by atoms with Gasteiger partial charge in [-0.1, -0.05) is 24.3 Å². The summed E-state index contributed by atoms with van der Waals surface area (Å²) in [6, 6.07) is 7.92. The molecule has 2 nitrogen and oxygen atoms in total. The van der Waals surface area contributed by atoms with Gasteiger partial charge in [-0.3, -0.25) is 0 Å². The van der Waals surface area contributed by atoms with Gasteiger partial charge >= 0.3 is 0 Å². The molecule has 13 heavy (non-hydrogen) atoms. The predicted molar refractivity (Wildman–Crippen MR) is 50.3 cm³/mol. The maximum atomic E-state index is 9.75. The molecule has 2 atom stereocenters. The van der Waals surface area contributed by atoms with E-state index in [0.29, 0.717) is 6.42 Å². The highest BCUT2D eigenvalue weighted by molar-refractivity contribution is 5.31. The monoisotopic (exact) mass is 178 g/mol. The van der Waals surface area contributed by atoms with Gasteiger partial charge in [-0.25, -0.2) is 0 Å². The van der Waals surface area contributed by atoms with Crippen molar-refractivity contribution in [2.75, 3.05) is 6.61 Å². The third-order valence-corrected chi connectivity index (χ3v) is 2.74. The minimum atomic E-state index is -0.387. The van der Waals surface area contributed by atoms with Gasteiger partial charge in [-0.05, 0) is 29.9 Å². The third kappa shape index (κ3) is 1.60. The Kier molecular flexibility index (Phi) is 2.34. The summed E-state index contributed by atoms with van der Waals surface area (Å²) in [6.07, 6.45) is 1.19. The van der Waals surface area contributed by atoms with Gasteiger partial charge in [0.2, 0.25) is 0 Å². The minimum Gasteiger partial charge on any atom is -0.396 e. The Bertz CT molecular complexity index is 296. The summed E-state index contributed by atoms with van der Waals surface area (Å²) >= 11 is 0. The molecule has 0 spiro atoms. The van der Waals surface area contributed by atoms with E-state index in [4.69, 9.17) is 5.11 Å². The van der Waals surface area contributed by atoms with Gasteiger partial charge in [0.15, 0.2) is 0 Å². The molecule has 0 saturated heterocycles. The topological polar surface area (TPSA) is 40.5 Å². The minimum absolute atomic E-state index is 0.172. The van der Waals surface area contributed by atoms with E-state index in [2.05, 4.69) is 0 Å². The standard InChI is InChI=1S/C11H14O2/c12-7-8-5-9-3-1-2-4-10(9)11(13)6-8/h1-4,8,11-13H,5-7H2/t8-,11-/m1/s1. The van der Waals surface area contributed by atoms with Gasteiger partial charge in [0, 0.05) is 6.61 Å². The lowest BCUT2D eigenvalue weighted by molar-refractivity contribution is 0.104. The molecule has 2 N–H and O–H groups in total. The van der Waals surface area contributed by atoms with Crippen LogP contribution < -0.4 is 0 Å². The molecule has 0 amide bonds. The first-order valence-electron chi connectivity index (χ1n) is 4.68. The van der Waals surface area contributed by atoms with Crippen LogP contribution in [-0.2, 0) is 6.42 Å². The normalized spacial score (nSPS) is 26.9. The molecular formula is C11H14O2. The summed E-state index contributed by atoms with van der Waals surface area (Å²) in [5.74, 6) is 0.227. The predicted octanol–water partition coefficient (Wildman–Crippen LogP) is 1.27. The summed E-state index contributed by atoms with van der Waals surface area (Å²) in [6.45, 7) is 0.172. The lowest BCUT2D eigenvalue weighted by atomic mass is 9.82. The first-order chi connectivity index (χ1) is 6.31. The van der Waals surface area contributed by atoms with Gasteiger partial charge in [-0.15, -0.1) is 0 Å². The Balaban J connectivity index is 2.31. The van der Waals surface area contributed by atoms with E-state index >= 15 is 0 Å². The summed E-state index contributed by atoms with van der Waals surface area (Å²) in [5.41, 5.74) is 2.22. The number of aliphatic hydroxyl groups excluding tert-OH is 2. The molecule has 1 aliphatic rings. The Hall–Kier alpha value is -0.860. The average Bonchev–Trinajstić information content (AvgIpc) is 2.18. The number of benzene rings is 1. The number of aliphatic hydroxyl groups is 2. The molecule has 0 aliphatic heterocycles. The molecule has 0 aromatic heterocycles. The second-order valence-corrected chi connectivity index (χ2v) is 3.70. The number of rotatable bonds is 1. The maximum Gasteiger partial charge on any atom is 0.0796 e. The molecule has 1 aromatic rings. The van der Waals surface area contributed by atoms with Crippen LogP contribution in [-0.4, -0.2) is 16.8 Å². The molecule has 2 rings (SSSR count). The van der Waals surface area contributed by atoms with Gasteiger partial charge < -0.3 is 10.2 Å². The largest absolute Gasteiger partial charge is 0.396 e. The highest BCUT2D eigenvalue weighted by Gasteiger charge is 2.24. The van der Waals surface area contributed by atoms with Crippen molar-refractivity contribution >= 4 is 0 Å². The molecule has 1 aliphatic carbocycles. The van der Waals surface area contributed by atoms with Crippen LogP contribution >= 0.6 is 0 Å². The zero-order chi connectivity index (χ0) is 9.26. The summed E-state index contributed by atoms with van der Waals surface area (Å²) in [7, 11) is 0. The van der Waals surface area contributed by atoms with Crippen molar-refractivity contribution in [3.63, 3.8) is 0 Å². The van der Waals surface area contributed by atoms with Crippen LogP contribution in [0.3, 0.4) is 0 Å². The molecule has 0 fully saturated rings. The fourth-order valence-electron chi connectivity index (χ4n) is 2.02. The van der Waals surface area contributed by atoms with Crippen molar-refractivity contribution in [1.29, 1.82) is 0 Å². The van der Waals surface area contributed by atoms with Crippen LogP contribution in [0.15, 0.2) is 24.3 Å². The van der Waals surface area contributed by atoms with E-state index in [1.165, 1.54) is 5.56 Å². The van der Waals surface area contributed by atoms with Crippen molar-refractivity contribution in [2.24, 2.45) is 5.92 Å². The van der Waals surface area contributed by atoms with Crippen molar-refractivity contribution < 1.29 is 10.2 Å². The number of hydrogen-bond acceptors (Lipinski definition) is 2. The van der Waals surface area contributed by atoms with Crippen LogP contribution in [0.1, 0.15) is 23.7 Å². The Morgan fingerprint density at radius 1 is 1.31 bits per heavy atom. The van der Waals surface area contributed by atoms with Crippen molar-refractivity contribution in [3.8, 4) is 0 Å². The smallest absolute Gasteiger partial charge is 0.0796 e. The third-order valence-electron chi connectivity index (χ3n) is 2.74. The van der Waals surface area contributed by atoms with Crippen LogP contribution in [0.25, 0.3) is 0 Å². The van der Waals surface area contributed by atoms with E-state index in [9.17, 15) is 5.11 Å². The molecule has 0 bridgehead atoms. The van der Waals surface area contributed by atoms with Gasteiger partial charge in [0.1, 0.15) is 0 Å². The quantitative estimate of drug-likeness (QED) is 0.680. The van der Waals surface area contributed by atoms with Crippen LogP contribution in [0.2, 0.25) is 0 Å². The lowest BCUT2D eigenvalue weighted by Crippen LogP contribution is -2.20. The van der Waals surface area contributed by atoms with Crippen molar-refractivity contribution in [3.05, 3.63) is 35.4 Å². The first kappa shape index (κ1) is 8.73. The van der Waals surface area contributed by atoms with Crippen molar-refractivity contribution in [1.82, 2.24) is 0 Å². The molecular weight excluding hydrogens is 164 g/mol. The van der Waals surface area contributed by atoms with Gasteiger partial charge in [0.05, 0.1) is 6.10 Å². The van der Waals surface area contributed by atoms with E-state index in [-0.39, 0.29) is 18.6 Å². The fourth-order valence-corrected chi connectivity index (χ4v) is 2.02. The van der Waals surface area contributed by atoms with Crippen LogP contribution in [0.4, 0.5) is 0 Å². The van der Waals surface area contributed by atoms with Crippen molar-refractivity contribution in [2.45, 2.75) is 18.9 Å². The van der Waals surface area contributed by atoms with Crippen LogP contribution in [0.5, 0.6) is 0 Å². The Morgan fingerprint density at radius 2 is 2.08 bits per heavy atom. The molecule has 2 heteroatoms. The molecule has 1 aromatic carbocycles. The highest BCUT2D eigenvalue weighted by Crippen LogP contribution is 2.32. The van der Waals surface area contributed by atoms with Gasteiger partial charge in [0.25, 0.3) is 0 Å². The molecule has 70 valence electrons. The molecule has 0 unspecified atom stereocenters. The number of hydrogen-bond donors (Lipinski definition) is 2. The Labute approximate surface area is 77.8 Å². The average molecular weight is 178 g/mol. The summed E-state index contributed by atoms with van der Waals surface area (Å²) in [5, 5.41) is 18.8.